The average molecular weight is 340 g/mol. The van der Waals surface area contributed by atoms with Crippen molar-refractivity contribution in [3.05, 3.63) is 28.0 Å². The second-order valence-electron chi connectivity index (χ2n) is 3.98. The van der Waals surface area contributed by atoms with Crippen LogP contribution < -0.4 is 4.90 Å². The summed E-state index contributed by atoms with van der Waals surface area (Å²) in [7, 11) is 0. The van der Waals surface area contributed by atoms with Crippen molar-refractivity contribution >= 4 is 33.3 Å². The Balaban J connectivity index is 2.52. The number of anilines is 1. The molecule has 1 fully saturated rings. The van der Waals surface area contributed by atoms with E-state index in [1.54, 1.807) is 0 Å². The van der Waals surface area contributed by atoms with E-state index in [-0.39, 0.29) is 0 Å². The summed E-state index contributed by atoms with van der Waals surface area (Å²) in [6, 6.07) is 1.16. The normalized spacial score (nSPS) is 16.4. The Hall–Kier alpha value is -1.44. The maximum atomic E-state index is 13.7. The summed E-state index contributed by atoms with van der Waals surface area (Å²) in [5.41, 5.74) is -1.64. The van der Waals surface area contributed by atoms with Crippen molar-refractivity contribution in [2.75, 3.05) is 11.4 Å². The molecule has 1 aromatic rings. The summed E-state index contributed by atoms with van der Waals surface area (Å²) in [5, 5.41) is 0. The number of halogens is 5. The number of benzene rings is 1. The molecule has 1 saturated heterocycles. The molecule has 0 N–H and O–H groups in total. The summed E-state index contributed by atoms with van der Waals surface area (Å²) in [5.74, 6) is -2.16. The van der Waals surface area contributed by atoms with Gasteiger partial charge in [0.15, 0.2) is 5.78 Å². The number of ketones is 1. The number of hydrogen-bond donors (Lipinski definition) is 0. The largest absolute Gasteiger partial charge is 0.417 e. The second kappa shape index (κ2) is 4.59. The SMILES string of the molecule is O=C1CC(=O)N(c2cc(C(F)(F)F)c(Br)cc2F)C1. The predicted molar refractivity (Wildman–Crippen MR) is 61.1 cm³/mol. The summed E-state index contributed by atoms with van der Waals surface area (Å²) < 4.78 is 51.3. The fourth-order valence-corrected chi connectivity index (χ4v) is 2.31. The number of alkyl halides is 3. The molecule has 0 aliphatic carbocycles. The van der Waals surface area contributed by atoms with Crippen molar-refractivity contribution < 1.29 is 27.2 Å². The molecule has 1 amide bonds. The van der Waals surface area contributed by atoms with Gasteiger partial charge in [0, 0.05) is 4.47 Å². The van der Waals surface area contributed by atoms with Crippen LogP contribution in [0.25, 0.3) is 0 Å². The molecule has 0 spiro atoms. The van der Waals surface area contributed by atoms with Crippen LogP contribution in [0, 0.1) is 5.82 Å². The molecule has 8 heteroatoms. The quantitative estimate of drug-likeness (QED) is 0.582. The summed E-state index contributed by atoms with van der Waals surface area (Å²) in [6.45, 7) is -0.408. The zero-order chi connectivity index (χ0) is 14.4. The third kappa shape index (κ3) is 2.63. The van der Waals surface area contributed by atoms with Crippen LogP contribution in [0.5, 0.6) is 0 Å². The lowest BCUT2D eigenvalue weighted by molar-refractivity contribution is -0.138. The first kappa shape index (κ1) is 14.0. The van der Waals surface area contributed by atoms with Gasteiger partial charge in [0.05, 0.1) is 24.2 Å². The lowest BCUT2D eigenvalue weighted by Gasteiger charge is -2.18. The number of carbonyl (C=O) groups excluding carboxylic acids is 2. The standard InChI is InChI=1S/C11H6BrF4NO2/c12-7-3-8(13)9(2-6(7)11(14,15)16)17-4-5(18)1-10(17)19/h2-3H,1,4H2. The zero-order valence-electron chi connectivity index (χ0n) is 9.22. The van der Waals surface area contributed by atoms with Crippen LogP contribution in [0.15, 0.2) is 16.6 Å². The van der Waals surface area contributed by atoms with Gasteiger partial charge in [0.25, 0.3) is 0 Å². The number of hydrogen-bond acceptors (Lipinski definition) is 2. The Morgan fingerprint density at radius 1 is 1.21 bits per heavy atom. The van der Waals surface area contributed by atoms with Gasteiger partial charge in [-0.1, -0.05) is 15.9 Å². The fraction of sp³-hybridized carbons (Fsp3) is 0.273. The van der Waals surface area contributed by atoms with E-state index in [4.69, 9.17) is 0 Å². The van der Waals surface area contributed by atoms with Gasteiger partial charge in [-0.2, -0.15) is 13.2 Å². The van der Waals surface area contributed by atoms with Crippen molar-refractivity contribution in [3.8, 4) is 0 Å². The molecular formula is C11H6BrF4NO2. The Kier molecular flexibility index (Phi) is 3.38. The maximum absolute atomic E-state index is 13.7. The number of Topliss-reactive ketones (excluding diaryl/α,β-unsaturated/α-hetero) is 1. The van der Waals surface area contributed by atoms with E-state index in [0.717, 1.165) is 4.90 Å². The molecule has 0 bridgehead atoms. The molecule has 1 aliphatic rings. The minimum Gasteiger partial charge on any atom is -0.302 e. The van der Waals surface area contributed by atoms with Crippen LogP contribution in [0.3, 0.4) is 0 Å². The van der Waals surface area contributed by atoms with Crippen LogP contribution in [0.1, 0.15) is 12.0 Å². The van der Waals surface area contributed by atoms with Crippen molar-refractivity contribution in [1.82, 2.24) is 0 Å². The van der Waals surface area contributed by atoms with Crippen molar-refractivity contribution in [2.24, 2.45) is 0 Å². The van der Waals surface area contributed by atoms with E-state index in [1.807, 2.05) is 0 Å². The lowest BCUT2D eigenvalue weighted by Crippen LogP contribution is -2.26. The minimum absolute atomic E-state index is 0.408. The van der Waals surface area contributed by atoms with E-state index in [0.29, 0.717) is 12.1 Å². The summed E-state index contributed by atoms with van der Waals surface area (Å²) in [4.78, 5) is 23.2. The smallest absolute Gasteiger partial charge is 0.302 e. The first-order chi connectivity index (χ1) is 8.70. The van der Waals surface area contributed by atoms with Crippen LogP contribution >= 0.6 is 15.9 Å². The molecule has 102 valence electrons. The second-order valence-corrected chi connectivity index (χ2v) is 4.83. The van der Waals surface area contributed by atoms with Gasteiger partial charge in [0.1, 0.15) is 5.82 Å². The van der Waals surface area contributed by atoms with Crippen molar-refractivity contribution in [1.29, 1.82) is 0 Å². The minimum atomic E-state index is -4.69. The van der Waals surface area contributed by atoms with E-state index >= 15 is 0 Å². The van der Waals surface area contributed by atoms with E-state index < -0.39 is 52.4 Å². The number of rotatable bonds is 1. The monoisotopic (exact) mass is 339 g/mol. The van der Waals surface area contributed by atoms with Crippen LogP contribution in [0.4, 0.5) is 23.2 Å². The predicted octanol–water partition coefficient (Wildman–Crippen LogP) is 2.91. The van der Waals surface area contributed by atoms with Crippen LogP contribution in [-0.2, 0) is 15.8 Å². The first-order valence-corrected chi connectivity index (χ1v) is 5.87. The van der Waals surface area contributed by atoms with Gasteiger partial charge in [-0.25, -0.2) is 4.39 Å². The van der Waals surface area contributed by atoms with Crippen molar-refractivity contribution in [2.45, 2.75) is 12.6 Å². The average Bonchev–Trinajstić information content (AvgIpc) is 2.55. The highest BCUT2D eigenvalue weighted by molar-refractivity contribution is 9.10. The van der Waals surface area contributed by atoms with Gasteiger partial charge >= 0.3 is 6.18 Å². The highest BCUT2D eigenvalue weighted by Crippen LogP contribution is 2.39. The summed E-state index contributed by atoms with van der Waals surface area (Å²) in [6.07, 6.45) is -5.11. The van der Waals surface area contributed by atoms with Gasteiger partial charge in [0.2, 0.25) is 5.91 Å². The molecule has 0 unspecified atom stereocenters. The van der Waals surface area contributed by atoms with Gasteiger partial charge < -0.3 is 4.90 Å². The first-order valence-electron chi connectivity index (χ1n) is 5.08. The lowest BCUT2D eigenvalue weighted by atomic mass is 10.1. The molecule has 3 nitrogen and oxygen atoms in total. The Morgan fingerprint density at radius 2 is 1.84 bits per heavy atom. The molecule has 0 saturated carbocycles. The highest BCUT2D eigenvalue weighted by Gasteiger charge is 2.37. The molecule has 0 atom stereocenters. The van der Waals surface area contributed by atoms with Gasteiger partial charge in [-0.15, -0.1) is 0 Å². The van der Waals surface area contributed by atoms with Crippen LogP contribution in [0.2, 0.25) is 0 Å². The zero-order valence-corrected chi connectivity index (χ0v) is 10.8. The maximum Gasteiger partial charge on any atom is 0.417 e. The topological polar surface area (TPSA) is 37.4 Å². The number of carbonyl (C=O) groups is 2. The van der Waals surface area contributed by atoms with Crippen LogP contribution in [-0.4, -0.2) is 18.2 Å². The number of nitrogens with zero attached hydrogens (tertiary/aromatic N) is 1. The molecule has 1 heterocycles. The Labute approximate surface area is 113 Å². The Morgan fingerprint density at radius 3 is 2.32 bits per heavy atom. The van der Waals surface area contributed by atoms with Gasteiger partial charge in [-0.3, -0.25) is 9.59 Å². The number of amides is 1. The molecule has 2 rings (SSSR count). The summed E-state index contributed by atoms with van der Waals surface area (Å²) >= 11 is 2.62. The van der Waals surface area contributed by atoms with E-state index in [9.17, 15) is 27.2 Å². The molecular weight excluding hydrogens is 334 g/mol. The molecule has 0 radical (unpaired) electrons. The molecule has 19 heavy (non-hydrogen) atoms. The van der Waals surface area contributed by atoms with E-state index in [1.165, 1.54) is 0 Å². The van der Waals surface area contributed by atoms with Gasteiger partial charge in [-0.05, 0) is 12.1 Å². The molecule has 1 aliphatic heterocycles. The third-order valence-electron chi connectivity index (χ3n) is 2.62. The Bertz CT molecular complexity index is 571. The third-order valence-corrected chi connectivity index (χ3v) is 3.27. The highest BCUT2D eigenvalue weighted by atomic mass is 79.9. The van der Waals surface area contributed by atoms with Crippen molar-refractivity contribution in [3.63, 3.8) is 0 Å². The van der Waals surface area contributed by atoms with E-state index in [2.05, 4.69) is 15.9 Å². The fourth-order valence-electron chi connectivity index (χ4n) is 1.77. The molecule has 1 aromatic carbocycles. The molecule has 0 aromatic heterocycles.